The molecule has 0 radical (unpaired) electrons. The molecule has 0 fully saturated rings. The number of hydrogen-bond donors (Lipinski definition) is 0. The smallest absolute Gasteiger partial charge is 0.194 e. The fourth-order valence-electron chi connectivity index (χ4n) is 2.74. The van der Waals surface area contributed by atoms with E-state index in [-0.39, 0.29) is 0 Å². The number of benzene rings is 2. The maximum Gasteiger partial charge on any atom is 0.194 e. The maximum absolute atomic E-state index is 5.50. The largest absolute Gasteiger partial charge is 0.497 e. The fraction of sp³-hybridized carbons (Fsp3) is 0.105. The Morgan fingerprint density at radius 1 is 1.00 bits per heavy atom. The summed E-state index contributed by atoms with van der Waals surface area (Å²) in [5.41, 5.74) is 4.16. The molecule has 120 valence electrons. The summed E-state index contributed by atoms with van der Waals surface area (Å²) in [6.45, 7) is 0. The van der Waals surface area contributed by atoms with Gasteiger partial charge in [0, 0.05) is 23.2 Å². The molecule has 0 aliphatic rings. The number of thiazole rings is 1. The minimum absolute atomic E-state index is 0.751. The molecule has 0 aliphatic heterocycles. The molecule has 4 nitrogen and oxygen atoms in total. The van der Waals surface area contributed by atoms with E-state index in [4.69, 9.17) is 14.5 Å². The Kier molecular flexibility index (Phi) is 3.70. The lowest BCUT2D eigenvalue weighted by Gasteiger charge is -2.08. The first kappa shape index (κ1) is 14.8. The molecule has 0 atom stereocenters. The number of hydrogen-bond acceptors (Lipinski definition) is 4. The number of fused-ring (bicyclic) bond motifs is 1. The molecular formula is C19H16N2O2S. The second kappa shape index (κ2) is 6.02. The van der Waals surface area contributed by atoms with Crippen LogP contribution in [-0.2, 0) is 0 Å². The number of nitrogens with zero attached hydrogens (tertiary/aromatic N) is 2. The van der Waals surface area contributed by atoms with Gasteiger partial charge in [0.15, 0.2) is 4.96 Å². The molecule has 2 aromatic heterocycles. The second-order valence-electron chi connectivity index (χ2n) is 5.33. The summed E-state index contributed by atoms with van der Waals surface area (Å²) in [4.78, 5) is 5.71. The molecule has 0 saturated carbocycles. The first-order valence-electron chi connectivity index (χ1n) is 7.54. The van der Waals surface area contributed by atoms with Gasteiger partial charge in [-0.1, -0.05) is 30.3 Å². The van der Waals surface area contributed by atoms with Gasteiger partial charge in [-0.25, -0.2) is 4.98 Å². The van der Waals surface area contributed by atoms with Crippen LogP contribution in [0.1, 0.15) is 0 Å². The number of aromatic nitrogens is 2. The summed E-state index contributed by atoms with van der Waals surface area (Å²) < 4.78 is 12.9. The third-order valence-electron chi connectivity index (χ3n) is 3.96. The zero-order valence-corrected chi connectivity index (χ0v) is 14.2. The monoisotopic (exact) mass is 336 g/mol. The lowest BCUT2D eigenvalue weighted by atomic mass is 10.1. The van der Waals surface area contributed by atoms with Crippen molar-refractivity contribution in [3.05, 3.63) is 60.1 Å². The van der Waals surface area contributed by atoms with Gasteiger partial charge in [-0.15, -0.1) is 11.3 Å². The zero-order chi connectivity index (χ0) is 16.5. The van der Waals surface area contributed by atoms with Crippen molar-refractivity contribution in [3.63, 3.8) is 0 Å². The van der Waals surface area contributed by atoms with E-state index in [1.165, 1.54) is 5.56 Å². The molecule has 0 bridgehead atoms. The van der Waals surface area contributed by atoms with E-state index in [0.29, 0.717) is 0 Å². The van der Waals surface area contributed by atoms with Gasteiger partial charge in [0.25, 0.3) is 0 Å². The van der Waals surface area contributed by atoms with E-state index >= 15 is 0 Å². The Balaban J connectivity index is 1.83. The van der Waals surface area contributed by atoms with Crippen molar-refractivity contribution in [1.82, 2.24) is 9.38 Å². The van der Waals surface area contributed by atoms with Crippen molar-refractivity contribution in [2.24, 2.45) is 0 Å². The molecule has 0 unspecified atom stereocenters. The maximum atomic E-state index is 5.50. The second-order valence-corrected chi connectivity index (χ2v) is 6.17. The summed E-state index contributed by atoms with van der Waals surface area (Å²) in [5, 5.41) is 2.13. The summed E-state index contributed by atoms with van der Waals surface area (Å²) in [6, 6.07) is 16.1. The minimum atomic E-state index is 0.751. The first-order valence-corrected chi connectivity index (χ1v) is 8.42. The molecule has 0 aliphatic carbocycles. The van der Waals surface area contributed by atoms with Crippen molar-refractivity contribution in [3.8, 4) is 34.0 Å². The normalized spacial score (nSPS) is 10.9. The lowest BCUT2D eigenvalue weighted by Crippen LogP contribution is -1.90. The van der Waals surface area contributed by atoms with E-state index in [1.54, 1.807) is 25.6 Å². The highest BCUT2D eigenvalue weighted by Gasteiger charge is 2.14. The van der Waals surface area contributed by atoms with Crippen LogP contribution < -0.4 is 9.47 Å². The highest BCUT2D eigenvalue weighted by molar-refractivity contribution is 7.15. The van der Waals surface area contributed by atoms with E-state index in [1.807, 2.05) is 36.4 Å². The molecule has 0 N–H and O–H groups in total. The Morgan fingerprint density at radius 3 is 2.58 bits per heavy atom. The fourth-order valence-corrected chi connectivity index (χ4v) is 3.62. The van der Waals surface area contributed by atoms with Crippen LogP contribution >= 0.6 is 11.3 Å². The van der Waals surface area contributed by atoms with Crippen LogP contribution in [0.2, 0.25) is 0 Å². The Morgan fingerprint density at radius 2 is 1.83 bits per heavy atom. The van der Waals surface area contributed by atoms with Crippen LogP contribution in [0, 0.1) is 0 Å². The third kappa shape index (κ3) is 2.43. The summed E-state index contributed by atoms with van der Waals surface area (Å²) in [7, 11) is 3.30. The van der Waals surface area contributed by atoms with Gasteiger partial charge in [0.1, 0.15) is 11.5 Å². The average Bonchev–Trinajstić information content (AvgIpc) is 3.22. The Labute approximate surface area is 143 Å². The first-order chi connectivity index (χ1) is 11.8. The van der Waals surface area contributed by atoms with Gasteiger partial charge in [0.05, 0.1) is 25.6 Å². The van der Waals surface area contributed by atoms with Crippen molar-refractivity contribution >= 4 is 16.3 Å². The van der Waals surface area contributed by atoms with Gasteiger partial charge < -0.3 is 9.47 Å². The van der Waals surface area contributed by atoms with Crippen molar-refractivity contribution in [2.45, 2.75) is 0 Å². The molecule has 0 amide bonds. The molecule has 24 heavy (non-hydrogen) atoms. The topological polar surface area (TPSA) is 35.8 Å². The SMILES string of the molecule is COc1ccc(-c2cn3c(-c4ccccc4)csc3n2)c(OC)c1. The summed E-state index contributed by atoms with van der Waals surface area (Å²) >= 11 is 1.63. The Bertz CT molecular complexity index is 989. The quantitative estimate of drug-likeness (QED) is 0.540. The summed E-state index contributed by atoms with van der Waals surface area (Å²) in [6.07, 6.45) is 2.05. The van der Waals surface area contributed by atoms with Gasteiger partial charge in [-0.05, 0) is 17.7 Å². The average molecular weight is 336 g/mol. The highest BCUT2D eigenvalue weighted by atomic mass is 32.1. The van der Waals surface area contributed by atoms with Crippen LogP contribution in [0.5, 0.6) is 11.5 Å². The standard InChI is InChI=1S/C19H16N2O2S/c1-22-14-8-9-15(18(10-14)23-2)16-11-21-17(12-24-19(21)20-16)13-6-4-3-5-7-13/h3-12H,1-2H3. The van der Waals surface area contributed by atoms with Crippen LogP contribution in [0.25, 0.3) is 27.5 Å². The number of methoxy groups -OCH3 is 2. The molecule has 0 spiro atoms. The van der Waals surface area contributed by atoms with Crippen molar-refractivity contribution < 1.29 is 9.47 Å². The molecular weight excluding hydrogens is 320 g/mol. The Hall–Kier alpha value is -2.79. The lowest BCUT2D eigenvalue weighted by molar-refractivity contribution is 0.395. The molecule has 4 rings (SSSR count). The van der Waals surface area contributed by atoms with E-state index in [2.05, 4.69) is 28.1 Å². The number of imidazole rings is 1. The zero-order valence-electron chi connectivity index (χ0n) is 13.4. The molecule has 2 heterocycles. The van der Waals surface area contributed by atoms with Gasteiger partial charge in [-0.3, -0.25) is 4.40 Å². The predicted octanol–water partition coefficient (Wildman–Crippen LogP) is 4.75. The number of ether oxygens (including phenoxy) is 2. The minimum Gasteiger partial charge on any atom is -0.497 e. The number of rotatable bonds is 4. The highest BCUT2D eigenvalue weighted by Crippen LogP contribution is 2.35. The van der Waals surface area contributed by atoms with Crippen LogP contribution in [0.3, 0.4) is 0 Å². The molecule has 0 saturated heterocycles. The molecule has 5 heteroatoms. The third-order valence-corrected chi connectivity index (χ3v) is 4.80. The van der Waals surface area contributed by atoms with E-state index in [9.17, 15) is 0 Å². The molecule has 4 aromatic rings. The van der Waals surface area contributed by atoms with E-state index < -0.39 is 0 Å². The van der Waals surface area contributed by atoms with Crippen molar-refractivity contribution in [2.75, 3.05) is 14.2 Å². The van der Waals surface area contributed by atoms with Gasteiger partial charge >= 0.3 is 0 Å². The summed E-state index contributed by atoms with van der Waals surface area (Å²) in [5.74, 6) is 1.52. The van der Waals surface area contributed by atoms with Gasteiger partial charge in [0.2, 0.25) is 0 Å². The van der Waals surface area contributed by atoms with E-state index in [0.717, 1.165) is 33.4 Å². The predicted molar refractivity (Wildman–Crippen MR) is 97.0 cm³/mol. The van der Waals surface area contributed by atoms with Crippen LogP contribution in [0.4, 0.5) is 0 Å². The van der Waals surface area contributed by atoms with Crippen molar-refractivity contribution in [1.29, 1.82) is 0 Å². The van der Waals surface area contributed by atoms with Crippen LogP contribution in [0.15, 0.2) is 60.1 Å². The van der Waals surface area contributed by atoms with Crippen LogP contribution in [-0.4, -0.2) is 23.6 Å². The molecule has 2 aromatic carbocycles. The van der Waals surface area contributed by atoms with Gasteiger partial charge in [-0.2, -0.15) is 0 Å².